The Kier molecular flexibility index (Phi) is 5.24. The van der Waals surface area contributed by atoms with Crippen molar-refractivity contribution in [2.75, 3.05) is 11.9 Å². The lowest BCUT2D eigenvalue weighted by Gasteiger charge is -2.08. The van der Waals surface area contributed by atoms with Gasteiger partial charge in [-0.1, -0.05) is 17.7 Å². The molecule has 4 nitrogen and oxygen atoms in total. The van der Waals surface area contributed by atoms with Crippen molar-refractivity contribution in [1.82, 2.24) is 0 Å². The number of nitrogens with zero attached hydrogens (tertiary/aromatic N) is 1. The molecule has 0 spiro atoms. The first-order valence-electron chi connectivity index (χ1n) is 6.33. The average Bonchev–Trinajstić information content (AvgIpc) is 2.49. The highest BCUT2D eigenvalue weighted by atomic mass is 32.2. The maximum atomic E-state index is 11.8. The van der Waals surface area contributed by atoms with Crippen LogP contribution in [0.25, 0.3) is 0 Å². The minimum absolute atomic E-state index is 0.0439. The molecule has 0 saturated heterocycles. The summed E-state index contributed by atoms with van der Waals surface area (Å²) in [5.41, 5.74) is 1.82. The fourth-order valence-electron chi connectivity index (χ4n) is 1.64. The highest BCUT2D eigenvalue weighted by Gasteiger charge is 2.04. The topological polar surface area (TPSA) is 62.1 Å². The number of thiocyanates is 1. The number of anilines is 1. The molecule has 0 bridgehead atoms. The van der Waals surface area contributed by atoms with Crippen molar-refractivity contribution in [3.05, 3.63) is 54.1 Å². The number of aryl methyl sites for hydroxylation is 1. The number of ether oxygens (including phenoxy) is 1. The van der Waals surface area contributed by atoms with Crippen LogP contribution in [0.1, 0.15) is 5.56 Å². The second kappa shape index (κ2) is 7.36. The second-order valence-corrected chi connectivity index (χ2v) is 5.23. The molecule has 0 heterocycles. The summed E-state index contributed by atoms with van der Waals surface area (Å²) in [5, 5.41) is 13.3. The molecule has 0 aliphatic rings. The van der Waals surface area contributed by atoms with E-state index >= 15 is 0 Å². The molecular formula is C16H14N2O2S. The summed E-state index contributed by atoms with van der Waals surface area (Å²) in [7, 11) is 0. The predicted molar refractivity (Wildman–Crippen MR) is 83.2 cm³/mol. The molecule has 5 heteroatoms. The summed E-state index contributed by atoms with van der Waals surface area (Å²) < 4.78 is 5.40. The molecule has 0 aromatic heterocycles. The maximum Gasteiger partial charge on any atom is 0.262 e. The molecule has 21 heavy (non-hydrogen) atoms. The molecule has 0 aliphatic carbocycles. The molecule has 2 aromatic carbocycles. The van der Waals surface area contributed by atoms with E-state index in [0.717, 1.165) is 22.2 Å². The number of rotatable bonds is 5. The van der Waals surface area contributed by atoms with Crippen molar-refractivity contribution >= 4 is 23.4 Å². The standard InChI is InChI=1S/C16H14N2O2S/c1-12-2-6-14(7-3-12)20-10-16(19)18-13-4-8-15(9-5-13)21-11-17/h2-9H,10H2,1H3,(H,18,19). The number of nitriles is 1. The molecule has 0 radical (unpaired) electrons. The van der Waals surface area contributed by atoms with E-state index in [0.29, 0.717) is 11.4 Å². The van der Waals surface area contributed by atoms with Crippen LogP contribution in [0.4, 0.5) is 5.69 Å². The second-order valence-electron chi connectivity index (χ2n) is 4.37. The summed E-state index contributed by atoms with van der Waals surface area (Å²) >= 11 is 1.08. The number of carbonyl (C=O) groups is 1. The monoisotopic (exact) mass is 298 g/mol. The average molecular weight is 298 g/mol. The zero-order valence-electron chi connectivity index (χ0n) is 11.5. The Morgan fingerprint density at radius 1 is 1.19 bits per heavy atom. The number of nitrogens with one attached hydrogen (secondary N) is 1. The molecule has 2 aromatic rings. The van der Waals surface area contributed by atoms with Gasteiger partial charge in [-0.3, -0.25) is 4.79 Å². The van der Waals surface area contributed by atoms with Crippen LogP contribution in [-0.2, 0) is 4.79 Å². The van der Waals surface area contributed by atoms with Gasteiger partial charge in [-0.25, -0.2) is 0 Å². The number of benzene rings is 2. The number of thioether (sulfide) groups is 1. The molecule has 1 amide bonds. The van der Waals surface area contributed by atoms with Gasteiger partial charge >= 0.3 is 0 Å². The van der Waals surface area contributed by atoms with Gasteiger partial charge in [0, 0.05) is 10.6 Å². The van der Waals surface area contributed by atoms with Crippen LogP contribution in [0.15, 0.2) is 53.4 Å². The minimum atomic E-state index is -0.226. The summed E-state index contributed by atoms with van der Waals surface area (Å²) in [6, 6.07) is 14.6. The van der Waals surface area contributed by atoms with Gasteiger partial charge in [0.2, 0.25) is 0 Å². The number of hydrogen-bond donors (Lipinski definition) is 1. The molecule has 2 rings (SSSR count). The SMILES string of the molecule is Cc1ccc(OCC(=O)Nc2ccc(SC#N)cc2)cc1. The fourth-order valence-corrected chi connectivity index (χ4v) is 2.02. The lowest BCUT2D eigenvalue weighted by Crippen LogP contribution is -2.20. The van der Waals surface area contributed by atoms with E-state index in [-0.39, 0.29) is 12.5 Å². The molecule has 0 aliphatic heterocycles. The zero-order valence-corrected chi connectivity index (χ0v) is 12.3. The van der Waals surface area contributed by atoms with Crippen LogP contribution in [0.5, 0.6) is 5.75 Å². The van der Waals surface area contributed by atoms with Crippen molar-refractivity contribution < 1.29 is 9.53 Å². The first kappa shape index (κ1) is 14.9. The van der Waals surface area contributed by atoms with Crippen LogP contribution in [0, 0.1) is 17.6 Å². The van der Waals surface area contributed by atoms with Gasteiger partial charge in [0.25, 0.3) is 5.91 Å². The van der Waals surface area contributed by atoms with E-state index in [9.17, 15) is 4.79 Å². The predicted octanol–water partition coefficient (Wildman–Crippen LogP) is 3.59. The normalized spacial score (nSPS) is 9.71. The van der Waals surface area contributed by atoms with Crippen LogP contribution < -0.4 is 10.1 Å². The van der Waals surface area contributed by atoms with Gasteiger partial charge in [-0.2, -0.15) is 5.26 Å². The Morgan fingerprint density at radius 3 is 2.48 bits per heavy atom. The van der Waals surface area contributed by atoms with Gasteiger partial charge in [-0.15, -0.1) is 0 Å². The van der Waals surface area contributed by atoms with E-state index in [4.69, 9.17) is 10.00 Å². The Labute approximate surface area is 127 Å². The van der Waals surface area contributed by atoms with Crippen molar-refractivity contribution in [3.8, 4) is 11.2 Å². The third kappa shape index (κ3) is 4.86. The molecule has 0 fully saturated rings. The van der Waals surface area contributed by atoms with Crippen molar-refractivity contribution in [3.63, 3.8) is 0 Å². The zero-order chi connectivity index (χ0) is 15.1. The first-order chi connectivity index (χ1) is 10.2. The Bertz CT molecular complexity index is 645. The Hall–Kier alpha value is -2.45. The largest absolute Gasteiger partial charge is 0.484 e. The van der Waals surface area contributed by atoms with E-state index in [1.165, 1.54) is 0 Å². The van der Waals surface area contributed by atoms with Gasteiger partial charge in [-0.05, 0) is 55.1 Å². The maximum absolute atomic E-state index is 11.8. The fraction of sp³-hybridized carbons (Fsp3) is 0.125. The molecule has 106 valence electrons. The molecule has 0 atom stereocenters. The molecule has 0 saturated carbocycles. The minimum Gasteiger partial charge on any atom is -0.484 e. The van der Waals surface area contributed by atoms with Gasteiger partial charge < -0.3 is 10.1 Å². The summed E-state index contributed by atoms with van der Waals surface area (Å²) in [6.07, 6.45) is 0. The highest BCUT2D eigenvalue weighted by molar-refractivity contribution is 8.03. The number of carbonyl (C=O) groups excluding carboxylic acids is 1. The van der Waals surface area contributed by atoms with Crippen LogP contribution in [0.2, 0.25) is 0 Å². The van der Waals surface area contributed by atoms with Crippen molar-refractivity contribution in [2.45, 2.75) is 11.8 Å². The Balaban J connectivity index is 1.84. The van der Waals surface area contributed by atoms with Gasteiger partial charge in [0.1, 0.15) is 11.2 Å². The van der Waals surface area contributed by atoms with E-state index < -0.39 is 0 Å². The molecule has 0 unspecified atom stereocenters. The van der Waals surface area contributed by atoms with E-state index in [1.807, 2.05) is 36.6 Å². The van der Waals surface area contributed by atoms with Gasteiger partial charge in [0.05, 0.1) is 0 Å². The van der Waals surface area contributed by atoms with Crippen molar-refractivity contribution in [1.29, 1.82) is 5.26 Å². The smallest absolute Gasteiger partial charge is 0.262 e. The summed E-state index contributed by atoms with van der Waals surface area (Å²) in [5.74, 6) is 0.438. The summed E-state index contributed by atoms with van der Waals surface area (Å²) in [4.78, 5) is 12.6. The lowest BCUT2D eigenvalue weighted by atomic mass is 10.2. The third-order valence-corrected chi connectivity index (χ3v) is 3.29. The van der Waals surface area contributed by atoms with E-state index in [1.54, 1.807) is 24.3 Å². The van der Waals surface area contributed by atoms with Gasteiger partial charge in [0.15, 0.2) is 6.61 Å². The van der Waals surface area contributed by atoms with Crippen LogP contribution >= 0.6 is 11.8 Å². The molecular weight excluding hydrogens is 284 g/mol. The molecule has 1 N–H and O–H groups in total. The quantitative estimate of drug-likeness (QED) is 0.677. The Morgan fingerprint density at radius 2 is 1.86 bits per heavy atom. The highest BCUT2D eigenvalue weighted by Crippen LogP contribution is 2.19. The van der Waals surface area contributed by atoms with E-state index in [2.05, 4.69) is 5.32 Å². The number of hydrogen-bond acceptors (Lipinski definition) is 4. The van der Waals surface area contributed by atoms with Crippen LogP contribution in [0.3, 0.4) is 0 Å². The number of amides is 1. The van der Waals surface area contributed by atoms with Crippen LogP contribution in [-0.4, -0.2) is 12.5 Å². The third-order valence-electron chi connectivity index (χ3n) is 2.69. The first-order valence-corrected chi connectivity index (χ1v) is 7.14. The van der Waals surface area contributed by atoms with Crippen molar-refractivity contribution in [2.24, 2.45) is 0 Å². The summed E-state index contributed by atoms with van der Waals surface area (Å²) in [6.45, 7) is 1.95. The lowest BCUT2D eigenvalue weighted by molar-refractivity contribution is -0.118.